The van der Waals surface area contributed by atoms with Crippen LogP contribution in [0.15, 0.2) is 73.1 Å². The zero-order chi connectivity index (χ0) is 24.1. The Morgan fingerprint density at radius 1 is 0.735 bits per heavy atom. The molecule has 1 saturated heterocycles. The first-order chi connectivity index (χ1) is 16.4. The van der Waals surface area contributed by atoms with Crippen LogP contribution in [-0.2, 0) is 9.59 Å². The number of rotatable bonds is 4. The summed E-state index contributed by atoms with van der Waals surface area (Å²) >= 11 is 0. The van der Waals surface area contributed by atoms with Gasteiger partial charge >= 0.3 is 6.03 Å². The molecule has 4 aromatic rings. The Morgan fingerprint density at radius 2 is 1.21 bits per heavy atom. The first-order valence-electron chi connectivity index (χ1n) is 11.0. The molecule has 3 heterocycles. The van der Waals surface area contributed by atoms with E-state index in [1.165, 1.54) is 0 Å². The highest BCUT2D eigenvalue weighted by molar-refractivity contribution is 6.19. The second-order valence-electron chi connectivity index (χ2n) is 7.84. The van der Waals surface area contributed by atoms with Crippen molar-refractivity contribution in [3.63, 3.8) is 0 Å². The first-order valence-corrected chi connectivity index (χ1v) is 11.0. The molecule has 0 spiro atoms. The quantitative estimate of drug-likeness (QED) is 0.430. The van der Waals surface area contributed by atoms with Gasteiger partial charge in [-0.15, -0.1) is 0 Å². The lowest BCUT2D eigenvalue weighted by molar-refractivity contribution is -0.144. The van der Waals surface area contributed by atoms with Gasteiger partial charge in [0, 0.05) is 23.2 Å². The third-order valence-electron chi connectivity index (χ3n) is 5.92. The van der Waals surface area contributed by atoms with Gasteiger partial charge in [-0.2, -0.15) is 0 Å². The van der Waals surface area contributed by atoms with Crippen LogP contribution < -0.4 is 15.4 Å². The zero-order valence-electron chi connectivity index (χ0n) is 18.9. The standard InChI is InChI=1S/C18H12N2O.C8H12N2O3/c1-3-13-11-15(5-7-17(13)19-9-1)21-16-6-8-18-14(12-16)4-2-10-20-18;1-3-8(4-2)5(11)9-7(13)10-6(8)12/h1-12H;3-4H2,1-2H3,(H2,9,10,11,12,13). The number of imide groups is 2. The molecule has 0 aliphatic carbocycles. The lowest BCUT2D eigenvalue weighted by Gasteiger charge is -2.31. The molecule has 0 bridgehead atoms. The van der Waals surface area contributed by atoms with Crippen LogP contribution in [0, 0.1) is 5.41 Å². The van der Waals surface area contributed by atoms with Gasteiger partial charge in [0.05, 0.1) is 11.0 Å². The van der Waals surface area contributed by atoms with E-state index >= 15 is 0 Å². The minimum atomic E-state index is -1.06. The molecule has 0 radical (unpaired) electrons. The summed E-state index contributed by atoms with van der Waals surface area (Å²) in [6.07, 6.45) is 4.38. The average Bonchev–Trinajstić information content (AvgIpc) is 2.85. The number of barbiturate groups is 1. The van der Waals surface area contributed by atoms with Crippen molar-refractivity contribution in [2.75, 3.05) is 0 Å². The number of benzene rings is 2. The maximum Gasteiger partial charge on any atom is 0.328 e. The van der Waals surface area contributed by atoms with Crippen LogP contribution in [0.25, 0.3) is 21.8 Å². The molecular formula is C26H24N4O4. The van der Waals surface area contributed by atoms with E-state index in [0.717, 1.165) is 33.3 Å². The number of ether oxygens (including phenoxy) is 1. The minimum Gasteiger partial charge on any atom is -0.457 e. The van der Waals surface area contributed by atoms with Crippen molar-refractivity contribution in [1.82, 2.24) is 20.6 Å². The molecule has 172 valence electrons. The molecule has 8 heteroatoms. The smallest absolute Gasteiger partial charge is 0.328 e. The summed E-state index contributed by atoms with van der Waals surface area (Å²) in [4.78, 5) is 42.2. The molecule has 0 atom stereocenters. The summed E-state index contributed by atoms with van der Waals surface area (Å²) in [6.45, 7) is 3.50. The third kappa shape index (κ3) is 4.56. The van der Waals surface area contributed by atoms with E-state index in [-0.39, 0.29) is 0 Å². The van der Waals surface area contributed by atoms with E-state index in [1.54, 1.807) is 26.2 Å². The van der Waals surface area contributed by atoms with Crippen LogP contribution in [0.3, 0.4) is 0 Å². The topological polar surface area (TPSA) is 110 Å². The van der Waals surface area contributed by atoms with E-state index in [4.69, 9.17) is 4.74 Å². The fourth-order valence-corrected chi connectivity index (χ4v) is 3.84. The molecule has 2 N–H and O–H groups in total. The predicted octanol–water partition coefficient (Wildman–Crippen LogP) is 4.73. The number of hydrogen-bond acceptors (Lipinski definition) is 6. The van der Waals surface area contributed by atoms with Crippen LogP contribution in [0.5, 0.6) is 11.5 Å². The lowest BCUT2D eigenvalue weighted by atomic mass is 9.79. The van der Waals surface area contributed by atoms with Gasteiger partial charge in [0.1, 0.15) is 16.9 Å². The molecule has 1 aliphatic rings. The number of pyridine rings is 2. The Hall–Kier alpha value is -4.33. The van der Waals surface area contributed by atoms with E-state index in [9.17, 15) is 14.4 Å². The van der Waals surface area contributed by atoms with Crippen molar-refractivity contribution in [2.45, 2.75) is 26.7 Å². The fourth-order valence-electron chi connectivity index (χ4n) is 3.84. The van der Waals surface area contributed by atoms with Crippen LogP contribution in [0.1, 0.15) is 26.7 Å². The summed E-state index contributed by atoms with van der Waals surface area (Å²) < 4.78 is 5.94. The highest BCUT2D eigenvalue weighted by Gasteiger charge is 2.47. The average molecular weight is 457 g/mol. The fraction of sp³-hybridized carbons (Fsp3) is 0.192. The van der Waals surface area contributed by atoms with Gasteiger partial charge < -0.3 is 4.74 Å². The molecular weight excluding hydrogens is 432 g/mol. The molecule has 0 unspecified atom stereocenters. The number of aromatic nitrogens is 2. The van der Waals surface area contributed by atoms with Crippen LogP contribution in [-0.4, -0.2) is 27.8 Å². The Balaban J connectivity index is 0.000000182. The number of nitrogens with zero attached hydrogens (tertiary/aromatic N) is 2. The van der Waals surface area contributed by atoms with E-state index in [2.05, 4.69) is 20.6 Å². The van der Waals surface area contributed by atoms with Crippen molar-refractivity contribution in [3.8, 4) is 11.5 Å². The minimum absolute atomic E-state index is 0.397. The maximum atomic E-state index is 11.4. The molecule has 8 nitrogen and oxygen atoms in total. The number of fused-ring (bicyclic) bond motifs is 2. The highest BCUT2D eigenvalue weighted by atomic mass is 16.5. The maximum absolute atomic E-state index is 11.4. The van der Waals surface area contributed by atoms with Gasteiger partial charge in [-0.1, -0.05) is 26.0 Å². The van der Waals surface area contributed by atoms with Crippen LogP contribution >= 0.6 is 0 Å². The third-order valence-corrected chi connectivity index (χ3v) is 5.92. The van der Waals surface area contributed by atoms with Crippen molar-refractivity contribution >= 4 is 39.7 Å². The number of urea groups is 1. The van der Waals surface area contributed by atoms with E-state index in [0.29, 0.717) is 12.8 Å². The SMILES string of the molecule is CCC1(CC)C(=O)NC(=O)NC1=O.c1cnc2ccc(Oc3ccc4ncccc4c3)cc2c1. The second kappa shape index (κ2) is 9.66. The van der Waals surface area contributed by atoms with Gasteiger partial charge in [-0.25, -0.2) is 4.79 Å². The summed E-state index contributed by atoms with van der Waals surface area (Å²) in [5, 5.41) is 6.32. The monoisotopic (exact) mass is 456 g/mol. The normalized spacial score (nSPS) is 14.7. The Labute approximate surface area is 196 Å². The lowest BCUT2D eigenvalue weighted by Crippen LogP contribution is -2.61. The van der Waals surface area contributed by atoms with Gasteiger partial charge in [0.2, 0.25) is 11.8 Å². The van der Waals surface area contributed by atoms with E-state index in [1.807, 2.05) is 60.7 Å². The van der Waals surface area contributed by atoms with Crippen LogP contribution in [0.2, 0.25) is 0 Å². The molecule has 34 heavy (non-hydrogen) atoms. The van der Waals surface area contributed by atoms with Gasteiger partial charge in [-0.05, 0) is 61.4 Å². The molecule has 2 aromatic heterocycles. The molecule has 4 amide bonds. The van der Waals surface area contributed by atoms with Crippen molar-refractivity contribution in [2.24, 2.45) is 5.41 Å². The summed E-state index contributed by atoms with van der Waals surface area (Å²) in [7, 11) is 0. The number of hydrogen-bond donors (Lipinski definition) is 2. The number of carbonyl (C=O) groups excluding carboxylic acids is 3. The van der Waals surface area contributed by atoms with Gasteiger partial charge in [0.15, 0.2) is 0 Å². The predicted molar refractivity (Wildman–Crippen MR) is 128 cm³/mol. The summed E-state index contributed by atoms with van der Waals surface area (Å²) in [6, 6.07) is 19.0. The zero-order valence-corrected chi connectivity index (χ0v) is 18.9. The molecule has 1 fully saturated rings. The van der Waals surface area contributed by atoms with Crippen LogP contribution in [0.4, 0.5) is 4.79 Å². The number of carbonyl (C=O) groups is 3. The second-order valence-corrected chi connectivity index (χ2v) is 7.84. The Morgan fingerprint density at radius 3 is 1.65 bits per heavy atom. The largest absolute Gasteiger partial charge is 0.457 e. The first kappa shape index (κ1) is 22.8. The van der Waals surface area contributed by atoms with Crippen molar-refractivity contribution in [3.05, 3.63) is 73.1 Å². The van der Waals surface area contributed by atoms with Gasteiger partial charge in [-0.3, -0.25) is 30.2 Å². The van der Waals surface area contributed by atoms with Crippen molar-refractivity contribution < 1.29 is 19.1 Å². The Kier molecular flexibility index (Phi) is 6.49. The molecule has 5 rings (SSSR count). The summed E-state index contributed by atoms with van der Waals surface area (Å²) in [5.41, 5.74) is 0.869. The summed E-state index contributed by atoms with van der Waals surface area (Å²) in [5.74, 6) is 0.620. The molecule has 0 saturated carbocycles. The Bertz CT molecular complexity index is 1280. The number of nitrogens with one attached hydrogen (secondary N) is 2. The molecule has 2 aromatic carbocycles. The van der Waals surface area contributed by atoms with E-state index < -0.39 is 23.3 Å². The van der Waals surface area contributed by atoms with Gasteiger partial charge in [0.25, 0.3) is 0 Å². The molecule has 1 aliphatic heterocycles. The highest BCUT2D eigenvalue weighted by Crippen LogP contribution is 2.29. The van der Waals surface area contributed by atoms with Crippen molar-refractivity contribution in [1.29, 1.82) is 0 Å². The number of amides is 4.